The molecular weight excluding hydrogens is 586 g/mol. The zero-order chi connectivity index (χ0) is 31.4. The summed E-state index contributed by atoms with van der Waals surface area (Å²) >= 11 is 0.981. The highest BCUT2D eigenvalue weighted by Gasteiger charge is 2.43. The quantitative estimate of drug-likeness (QED) is 0.181. The predicted molar refractivity (Wildman–Crippen MR) is 164 cm³/mol. The van der Waals surface area contributed by atoms with Gasteiger partial charge in [0.15, 0.2) is 17.3 Å². The molecule has 3 aromatic rings. The molecule has 0 aromatic heterocycles. The van der Waals surface area contributed by atoms with Crippen molar-refractivity contribution in [3.05, 3.63) is 82.9 Å². The third-order valence-corrected chi connectivity index (χ3v) is 8.18. The number of esters is 1. The number of imide groups is 1. The van der Waals surface area contributed by atoms with Gasteiger partial charge < -0.3 is 23.7 Å². The summed E-state index contributed by atoms with van der Waals surface area (Å²) in [7, 11) is 2.82. The Morgan fingerprint density at radius 3 is 2.36 bits per heavy atom. The van der Waals surface area contributed by atoms with E-state index >= 15 is 0 Å². The van der Waals surface area contributed by atoms with Crippen LogP contribution in [0.2, 0.25) is 0 Å². The molecule has 2 aliphatic rings. The van der Waals surface area contributed by atoms with Crippen molar-refractivity contribution in [2.24, 2.45) is 0 Å². The van der Waals surface area contributed by atoms with Crippen molar-refractivity contribution in [1.82, 2.24) is 5.32 Å². The van der Waals surface area contributed by atoms with Gasteiger partial charge in [0.05, 0.1) is 31.5 Å². The second-order valence-electron chi connectivity index (χ2n) is 10.6. The average Bonchev–Trinajstić information content (AvgIpc) is 3.32. The lowest BCUT2D eigenvalue weighted by Crippen LogP contribution is -2.44. The molecule has 1 fully saturated rings. The predicted octanol–water partition coefficient (Wildman–Crippen LogP) is 5.33. The molecule has 2 atom stereocenters. The van der Waals surface area contributed by atoms with Gasteiger partial charge >= 0.3 is 5.97 Å². The fraction of sp³-hybridized carbons (Fsp3) is 0.273. The Hall–Kier alpha value is -4.77. The summed E-state index contributed by atoms with van der Waals surface area (Å²) in [5, 5.41) is 1.49. The number of rotatable bonds is 10. The van der Waals surface area contributed by atoms with E-state index in [9.17, 15) is 19.2 Å². The molecule has 5 rings (SSSR count). The van der Waals surface area contributed by atoms with Crippen LogP contribution in [0.1, 0.15) is 40.4 Å². The fourth-order valence-electron chi connectivity index (χ4n) is 5.05. The first kappa shape index (κ1) is 30.7. The van der Waals surface area contributed by atoms with E-state index in [-0.39, 0.29) is 58.5 Å². The van der Waals surface area contributed by atoms with Gasteiger partial charge in [0.1, 0.15) is 18.0 Å². The number of hydrogen-bond donors (Lipinski definition) is 1. The van der Waals surface area contributed by atoms with Crippen molar-refractivity contribution in [3.8, 4) is 28.7 Å². The third-order valence-electron chi connectivity index (χ3n) is 7.20. The Morgan fingerprint density at radius 1 is 1.02 bits per heavy atom. The molecule has 10 nitrogen and oxygen atoms in total. The van der Waals surface area contributed by atoms with Gasteiger partial charge in [-0.25, -0.2) is 4.79 Å². The normalized spacial score (nSPS) is 19.3. The van der Waals surface area contributed by atoms with Gasteiger partial charge in [0, 0.05) is 11.6 Å². The van der Waals surface area contributed by atoms with E-state index < -0.39 is 16.8 Å². The molecule has 0 radical (unpaired) electrons. The third kappa shape index (κ3) is 6.57. The van der Waals surface area contributed by atoms with E-state index in [2.05, 4.69) is 5.32 Å². The molecule has 2 heterocycles. The van der Waals surface area contributed by atoms with E-state index in [4.69, 9.17) is 23.7 Å². The van der Waals surface area contributed by atoms with Gasteiger partial charge in [-0.3, -0.25) is 19.7 Å². The summed E-state index contributed by atoms with van der Waals surface area (Å²) in [5.41, 5.74) is 1.28. The molecule has 2 unspecified atom stereocenters. The lowest BCUT2D eigenvalue weighted by atomic mass is 9.89. The SMILES string of the molecule is COc1c(OC(=O)/C=C/c2ccccc2)c(C)c2c(c1OC)OC(C)(COc1ccc(CC3SC(=O)NC3=O)cc1)CC2=O. The summed E-state index contributed by atoms with van der Waals surface area (Å²) < 4.78 is 29.3. The molecule has 1 N–H and O–H groups in total. The van der Waals surface area contributed by atoms with Crippen molar-refractivity contribution in [1.29, 1.82) is 0 Å². The summed E-state index contributed by atoms with van der Waals surface area (Å²) in [6.07, 6.45) is 3.33. The zero-order valence-electron chi connectivity index (χ0n) is 24.6. The number of ketones is 1. The number of carbonyl (C=O) groups excluding carboxylic acids is 4. The summed E-state index contributed by atoms with van der Waals surface area (Å²) in [4.78, 5) is 49.6. The molecule has 228 valence electrons. The van der Waals surface area contributed by atoms with Gasteiger partial charge in [-0.1, -0.05) is 54.2 Å². The number of ether oxygens (including phenoxy) is 5. The van der Waals surface area contributed by atoms with Crippen LogP contribution in [-0.2, 0) is 16.0 Å². The molecule has 44 heavy (non-hydrogen) atoms. The van der Waals surface area contributed by atoms with Crippen LogP contribution in [0.4, 0.5) is 4.79 Å². The van der Waals surface area contributed by atoms with Crippen LogP contribution in [0.3, 0.4) is 0 Å². The van der Waals surface area contributed by atoms with E-state index in [0.29, 0.717) is 17.7 Å². The van der Waals surface area contributed by atoms with Gasteiger partial charge in [0.2, 0.25) is 17.4 Å². The van der Waals surface area contributed by atoms with Crippen LogP contribution in [-0.4, -0.2) is 54.6 Å². The van der Waals surface area contributed by atoms with Crippen molar-refractivity contribution in [3.63, 3.8) is 0 Å². The maximum atomic E-state index is 13.6. The standard InChI is InChI=1S/C33H31NO9S/c1-19-26-23(35)17-33(2,18-41-22-13-10-21(11-14-22)16-24-31(37)34-32(38)44-24)43-28(26)30(40-4)29(39-3)27(19)42-25(36)15-12-20-8-6-5-7-9-20/h5-15,24H,16-18H2,1-4H3,(H,34,37,38)/b15-12+. The lowest BCUT2D eigenvalue weighted by Gasteiger charge is -2.36. The summed E-state index contributed by atoms with van der Waals surface area (Å²) in [5.74, 6) is -0.132. The number of carbonyl (C=O) groups is 4. The van der Waals surface area contributed by atoms with E-state index in [1.54, 1.807) is 32.1 Å². The number of Topliss-reactive ketones (excluding diaryl/α,β-unsaturated/α-hetero) is 1. The number of nitrogens with one attached hydrogen (secondary N) is 1. The van der Waals surface area contributed by atoms with Gasteiger partial charge in [-0.2, -0.15) is 0 Å². The lowest BCUT2D eigenvalue weighted by molar-refractivity contribution is -0.129. The Labute approximate surface area is 258 Å². The second-order valence-corrected chi connectivity index (χ2v) is 11.7. The van der Waals surface area contributed by atoms with Crippen LogP contribution < -0.4 is 29.0 Å². The van der Waals surface area contributed by atoms with Crippen molar-refractivity contribution < 1.29 is 42.9 Å². The molecule has 1 saturated heterocycles. The first-order valence-electron chi connectivity index (χ1n) is 13.8. The molecule has 3 aromatic carbocycles. The molecule has 2 amide bonds. The maximum absolute atomic E-state index is 13.6. The Balaban J connectivity index is 1.32. The number of methoxy groups -OCH3 is 2. The topological polar surface area (TPSA) is 126 Å². The van der Waals surface area contributed by atoms with Gasteiger partial charge in [-0.05, 0) is 49.6 Å². The molecule has 0 spiro atoms. The number of fused-ring (bicyclic) bond motifs is 1. The monoisotopic (exact) mass is 617 g/mol. The Bertz CT molecular complexity index is 1640. The largest absolute Gasteiger partial charge is 0.490 e. The second kappa shape index (κ2) is 12.8. The van der Waals surface area contributed by atoms with E-state index in [1.165, 1.54) is 20.3 Å². The average molecular weight is 618 g/mol. The van der Waals surface area contributed by atoms with E-state index in [1.807, 2.05) is 42.5 Å². The maximum Gasteiger partial charge on any atom is 0.336 e. The first-order chi connectivity index (χ1) is 21.1. The van der Waals surface area contributed by atoms with Gasteiger partial charge in [-0.15, -0.1) is 0 Å². The smallest absolute Gasteiger partial charge is 0.336 e. The molecule has 2 aliphatic heterocycles. The minimum Gasteiger partial charge on any atom is -0.490 e. The summed E-state index contributed by atoms with van der Waals surface area (Å²) in [6, 6.07) is 16.5. The fourth-order valence-corrected chi connectivity index (χ4v) is 5.91. The number of benzene rings is 3. The minimum atomic E-state index is -1.05. The highest BCUT2D eigenvalue weighted by atomic mass is 32.2. The van der Waals surface area contributed by atoms with Crippen LogP contribution in [0.5, 0.6) is 28.7 Å². The first-order valence-corrected chi connectivity index (χ1v) is 14.7. The number of amides is 2. The Morgan fingerprint density at radius 2 is 1.73 bits per heavy atom. The van der Waals surface area contributed by atoms with Crippen LogP contribution in [0.15, 0.2) is 60.7 Å². The number of hydrogen-bond acceptors (Lipinski definition) is 10. The molecule has 11 heteroatoms. The molecule has 0 aliphatic carbocycles. The zero-order valence-corrected chi connectivity index (χ0v) is 25.4. The van der Waals surface area contributed by atoms with E-state index in [0.717, 1.165) is 22.9 Å². The molecule has 0 bridgehead atoms. The van der Waals surface area contributed by atoms with Crippen LogP contribution in [0.25, 0.3) is 6.08 Å². The van der Waals surface area contributed by atoms with Crippen LogP contribution >= 0.6 is 11.8 Å². The molecular formula is C33H31NO9S. The van der Waals surface area contributed by atoms with Crippen molar-refractivity contribution in [2.75, 3.05) is 20.8 Å². The summed E-state index contributed by atoms with van der Waals surface area (Å²) in [6.45, 7) is 3.47. The van der Waals surface area contributed by atoms with Crippen molar-refractivity contribution in [2.45, 2.75) is 37.5 Å². The number of thioether (sulfide) groups is 1. The molecule has 0 saturated carbocycles. The van der Waals surface area contributed by atoms with Crippen molar-refractivity contribution >= 4 is 40.7 Å². The highest BCUT2D eigenvalue weighted by molar-refractivity contribution is 8.15. The minimum absolute atomic E-state index is 0.00224. The van der Waals surface area contributed by atoms with Crippen LogP contribution in [0, 0.1) is 6.92 Å². The van der Waals surface area contributed by atoms with Gasteiger partial charge in [0.25, 0.3) is 5.24 Å². The Kier molecular flexibility index (Phi) is 8.96. The highest BCUT2D eigenvalue weighted by Crippen LogP contribution is 2.53.